The number of piperazine rings is 1. The van der Waals surface area contributed by atoms with Gasteiger partial charge in [0.15, 0.2) is 0 Å². The maximum atomic E-state index is 12.9. The van der Waals surface area contributed by atoms with Crippen LogP contribution in [0.25, 0.3) is 0 Å². The number of rotatable bonds is 6. The van der Waals surface area contributed by atoms with Crippen molar-refractivity contribution in [2.75, 3.05) is 32.7 Å². The van der Waals surface area contributed by atoms with Crippen molar-refractivity contribution >= 4 is 17.7 Å². The first-order valence-electron chi connectivity index (χ1n) is 11.3. The standard InChI is InChI=1S/C24H30N4O3/c29-22-11-10-21(23(30)26-22)28-17-20-18(8-6-9-19(20)24(28)31)7-4-2-1-3-5-14-27-15-12-25-13-16-27/h6,8-9,21,25H,1-3,5,10-17H2,(H,26,29,30). The Kier molecular flexibility index (Phi) is 7.00. The molecule has 164 valence electrons. The van der Waals surface area contributed by atoms with Crippen LogP contribution in [0.1, 0.15) is 60.0 Å². The van der Waals surface area contributed by atoms with E-state index in [4.69, 9.17) is 0 Å². The summed E-state index contributed by atoms with van der Waals surface area (Å²) in [6, 6.07) is 5.00. The van der Waals surface area contributed by atoms with E-state index in [1.54, 1.807) is 11.0 Å². The van der Waals surface area contributed by atoms with Crippen molar-refractivity contribution in [1.29, 1.82) is 0 Å². The quantitative estimate of drug-likeness (QED) is 0.410. The highest BCUT2D eigenvalue weighted by molar-refractivity contribution is 6.05. The second kappa shape index (κ2) is 10.1. The van der Waals surface area contributed by atoms with Gasteiger partial charge in [-0.05, 0) is 43.5 Å². The molecule has 0 bridgehead atoms. The van der Waals surface area contributed by atoms with Gasteiger partial charge in [0.2, 0.25) is 11.8 Å². The average molecular weight is 423 g/mol. The molecule has 2 N–H and O–H groups in total. The number of carbonyl (C=O) groups is 3. The Hall–Kier alpha value is -2.69. The highest BCUT2D eigenvalue weighted by atomic mass is 16.2. The summed E-state index contributed by atoms with van der Waals surface area (Å²) in [6.07, 6.45) is 4.94. The molecule has 7 nitrogen and oxygen atoms in total. The fourth-order valence-corrected chi connectivity index (χ4v) is 4.52. The number of hydrogen-bond donors (Lipinski definition) is 2. The lowest BCUT2D eigenvalue weighted by Crippen LogP contribution is -2.52. The van der Waals surface area contributed by atoms with Crippen LogP contribution < -0.4 is 10.6 Å². The monoisotopic (exact) mass is 422 g/mol. The van der Waals surface area contributed by atoms with Crippen molar-refractivity contribution in [3.05, 3.63) is 34.9 Å². The van der Waals surface area contributed by atoms with E-state index in [0.717, 1.165) is 50.1 Å². The lowest BCUT2D eigenvalue weighted by atomic mass is 10.0. The normalized spacial score (nSPS) is 21.5. The summed E-state index contributed by atoms with van der Waals surface area (Å²) in [6.45, 7) is 6.02. The van der Waals surface area contributed by atoms with Crippen LogP contribution in [0, 0.1) is 11.8 Å². The fourth-order valence-electron chi connectivity index (χ4n) is 4.52. The first kappa shape index (κ1) is 21.5. The molecule has 0 spiro atoms. The van der Waals surface area contributed by atoms with E-state index in [-0.39, 0.29) is 24.1 Å². The van der Waals surface area contributed by atoms with Gasteiger partial charge in [-0.1, -0.05) is 24.3 Å². The molecule has 2 saturated heterocycles. The summed E-state index contributed by atoms with van der Waals surface area (Å²) < 4.78 is 0. The van der Waals surface area contributed by atoms with E-state index in [1.807, 2.05) is 12.1 Å². The Morgan fingerprint density at radius 2 is 1.90 bits per heavy atom. The number of amides is 3. The van der Waals surface area contributed by atoms with Gasteiger partial charge < -0.3 is 15.1 Å². The number of benzene rings is 1. The second-order valence-electron chi connectivity index (χ2n) is 8.44. The number of hydrogen-bond acceptors (Lipinski definition) is 5. The van der Waals surface area contributed by atoms with E-state index >= 15 is 0 Å². The van der Waals surface area contributed by atoms with Crippen molar-refractivity contribution in [1.82, 2.24) is 20.4 Å². The molecule has 1 aromatic rings. The van der Waals surface area contributed by atoms with Gasteiger partial charge in [0.1, 0.15) is 6.04 Å². The van der Waals surface area contributed by atoms with E-state index in [0.29, 0.717) is 18.5 Å². The van der Waals surface area contributed by atoms with Crippen molar-refractivity contribution in [2.45, 2.75) is 51.1 Å². The number of nitrogens with zero attached hydrogens (tertiary/aromatic N) is 2. The van der Waals surface area contributed by atoms with Crippen molar-refractivity contribution < 1.29 is 14.4 Å². The minimum Gasteiger partial charge on any atom is -0.322 e. The summed E-state index contributed by atoms with van der Waals surface area (Å²) in [4.78, 5) is 40.6. The van der Waals surface area contributed by atoms with Crippen molar-refractivity contribution in [3.63, 3.8) is 0 Å². The largest absolute Gasteiger partial charge is 0.322 e. The van der Waals surface area contributed by atoms with E-state index in [1.165, 1.54) is 19.4 Å². The van der Waals surface area contributed by atoms with Gasteiger partial charge in [-0.3, -0.25) is 19.7 Å². The first-order valence-corrected chi connectivity index (χ1v) is 11.3. The van der Waals surface area contributed by atoms with E-state index in [9.17, 15) is 14.4 Å². The van der Waals surface area contributed by atoms with Gasteiger partial charge in [0.05, 0.1) is 0 Å². The topological polar surface area (TPSA) is 81.8 Å². The third-order valence-electron chi connectivity index (χ3n) is 6.29. The maximum absolute atomic E-state index is 12.9. The van der Waals surface area contributed by atoms with Crippen molar-refractivity contribution in [2.24, 2.45) is 0 Å². The summed E-state index contributed by atoms with van der Waals surface area (Å²) >= 11 is 0. The summed E-state index contributed by atoms with van der Waals surface area (Å²) in [5, 5.41) is 5.72. The molecule has 31 heavy (non-hydrogen) atoms. The Morgan fingerprint density at radius 1 is 1.06 bits per heavy atom. The van der Waals surface area contributed by atoms with E-state index < -0.39 is 6.04 Å². The molecule has 4 rings (SSSR count). The van der Waals surface area contributed by atoms with Crippen LogP contribution in [0.15, 0.2) is 18.2 Å². The molecule has 1 unspecified atom stereocenters. The molecule has 0 saturated carbocycles. The van der Waals surface area contributed by atoms with Crippen molar-refractivity contribution in [3.8, 4) is 11.8 Å². The Labute approximate surface area is 183 Å². The molecule has 0 aromatic heterocycles. The molecule has 3 amide bonds. The zero-order valence-corrected chi connectivity index (χ0v) is 17.9. The lowest BCUT2D eigenvalue weighted by Gasteiger charge is -2.29. The average Bonchev–Trinajstić information content (AvgIpc) is 3.11. The Morgan fingerprint density at radius 3 is 2.71 bits per heavy atom. The molecular formula is C24H30N4O3. The molecule has 0 aliphatic carbocycles. The van der Waals surface area contributed by atoms with Crippen LogP contribution in [-0.2, 0) is 16.1 Å². The Balaban J connectivity index is 1.30. The van der Waals surface area contributed by atoms with E-state index in [2.05, 4.69) is 27.4 Å². The number of nitrogens with one attached hydrogen (secondary N) is 2. The highest BCUT2D eigenvalue weighted by Crippen LogP contribution is 2.29. The van der Waals surface area contributed by atoms with Crippen LogP contribution in [0.2, 0.25) is 0 Å². The highest BCUT2D eigenvalue weighted by Gasteiger charge is 2.39. The SMILES string of the molecule is O=C1CCC(N2Cc3c(C#CCCCCCN4CCNCC4)cccc3C2=O)C(=O)N1. The van der Waals surface area contributed by atoms with Crippen LogP contribution >= 0.6 is 0 Å². The van der Waals surface area contributed by atoms with Crippen LogP contribution in [0.4, 0.5) is 0 Å². The van der Waals surface area contributed by atoms with Crippen LogP contribution in [0.5, 0.6) is 0 Å². The lowest BCUT2D eigenvalue weighted by molar-refractivity contribution is -0.136. The zero-order chi connectivity index (χ0) is 21.6. The molecule has 7 heteroatoms. The predicted octanol–water partition coefficient (Wildman–Crippen LogP) is 1.26. The van der Waals surface area contributed by atoms with Gasteiger partial charge in [0.25, 0.3) is 5.91 Å². The zero-order valence-electron chi connectivity index (χ0n) is 17.9. The predicted molar refractivity (Wildman–Crippen MR) is 117 cm³/mol. The fraction of sp³-hybridized carbons (Fsp3) is 0.542. The summed E-state index contributed by atoms with van der Waals surface area (Å²) in [5.41, 5.74) is 2.37. The van der Waals surface area contributed by atoms with Gasteiger partial charge in [-0.2, -0.15) is 0 Å². The second-order valence-corrected chi connectivity index (χ2v) is 8.44. The van der Waals surface area contributed by atoms with Crippen LogP contribution in [0.3, 0.4) is 0 Å². The molecular weight excluding hydrogens is 392 g/mol. The molecule has 2 fully saturated rings. The molecule has 1 atom stereocenters. The summed E-state index contributed by atoms with van der Waals surface area (Å²) in [5.74, 6) is 5.70. The maximum Gasteiger partial charge on any atom is 0.255 e. The van der Waals surface area contributed by atoms with Crippen LogP contribution in [-0.4, -0.2) is 66.3 Å². The number of carbonyl (C=O) groups excluding carboxylic acids is 3. The van der Waals surface area contributed by atoms with Gasteiger partial charge >= 0.3 is 0 Å². The number of fused-ring (bicyclic) bond motifs is 1. The first-order chi connectivity index (χ1) is 15.1. The molecule has 0 radical (unpaired) electrons. The van der Waals surface area contributed by atoms with Gasteiger partial charge in [-0.15, -0.1) is 0 Å². The smallest absolute Gasteiger partial charge is 0.255 e. The summed E-state index contributed by atoms with van der Waals surface area (Å²) in [7, 11) is 0. The molecule has 3 aliphatic rings. The number of piperidine rings is 1. The molecule has 3 heterocycles. The third kappa shape index (κ3) is 5.15. The van der Waals surface area contributed by atoms with Gasteiger partial charge in [-0.25, -0.2) is 0 Å². The number of imide groups is 1. The van der Waals surface area contributed by atoms with Gasteiger partial charge in [0, 0.05) is 56.7 Å². The third-order valence-corrected chi connectivity index (χ3v) is 6.29. The molecule has 1 aromatic carbocycles. The Bertz CT molecular complexity index is 911. The molecule has 3 aliphatic heterocycles. The number of unbranched alkanes of at least 4 members (excludes halogenated alkanes) is 3. The minimum absolute atomic E-state index is 0.152. The minimum atomic E-state index is -0.589.